The summed E-state index contributed by atoms with van der Waals surface area (Å²) in [6, 6.07) is 11.5. The van der Waals surface area contributed by atoms with Crippen LogP contribution < -0.4 is 14.8 Å². The van der Waals surface area contributed by atoms with Crippen molar-refractivity contribution >= 4 is 29.2 Å². The molecule has 0 aromatic heterocycles. The van der Waals surface area contributed by atoms with Gasteiger partial charge in [0.2, 0.25) is 0 Å². The highest BCUT2D eigenvalue weighted by Crippen LogP contribution is 2.22. The largest absolute Gasteiger partial charge is 0.497 e. The van der Waals surface area contributed by atoms with Gasteiger partial charge in [0.1, 0.15) is 11.5 Å². The van der Waals surface area contributed by atoms with Crippen molar-refractivity contribution < 1.29 is 23.8 Å². The average Bonchev–Trinajstić information content (AvgIpc) is 2.64. The molecular formula is C19H20ClNO5. The molecular weight excluding hydrogens is 358 g/mol. The minimum atomic E-state index is -0.745. The Balaban J connectivity index is 2.03. The maximum atomic E-state index is 12.3. The lowest BCUT2D eigenvalue weighted by molar-refractivity contribution is -0.122. The number of esters is 1. The predicted octanol–water partition coefficient (Wildman–Crippen LogP) is 3.93. The van der Waals surface area contributed by atoms with Crippen LogP contribution >= 0.6 is 11.6 Å². The Morgan fingerprint density at radius 3 is 2.38 bits per heavy atom. The topological polar surface area (TPSA) is 73.9 Å². The highest BCUT2D eigenvalue weighted by molar-refractivity contribution is 6.33. The molecule has 1 amide bonds. The first-order chi connectivity index (χ1) is 12.4. The van der Waals surface area contributed by atoms with Gasteiger partial charge in [-0.05, 0) is 56.3 Å². The fourth-order valence-corrected chi connectivity index (χ4v) is 2.32. The molecule has 0 bridgehead atoms. The van der Waals surface area contributed by atoms with Gasteiger partial charge in [-0.1, -0.05) is 11.6 Å². The number of amides is 1. The molecule has 0 fully saturated rings. The third-order valence-electron chi connectivity index (χ3n) is 3.47. The standard InChI is InChI=1S/C19H20ClNO5/c1-4-25-19(23)16-11-13(5-10-17(16)20)21-18(22)12(2)26-15-8-6-14(24-3)7-9-15/h5-12H,4H2,1-3H3,(H,21,22)/t12-/m1/s1. The predicted molar refractivity (Wildman–Crippen MR) is 99.1 cm³/mol. The minimum absolute atomic E-state index is 0.190. The molecule has 0 saturated heterocycles. The molecule has 1 N–H and O–H groups in total. The first-order valence-corrected chi connectivity index (χ1v) is 8.40. The van der Waals surface area contributed by atoms with Crippen LogP contribution in [-0.4, -0.2) is 31.7 Å². The monoisotopic (exact) mass is 377 g/mol. The van der Waals surface area contributed by atoms with Gasteiger partial charge in [-0.25, -0.2) is 4.79 Å². The number of hydrogen-bond acceptors (Lipinski definition) is 5. The molecule has 0 unspecified atom stereocenters. The number of halogens is 1. The van der Waals surface area contributed by atoms with Crippen molar-refractivity contribution in [3.8, 4) is 11.5 Å². The van der Waals surface area contributed by atoms with Crippen LogP contribution in [0.5, 0.6) is 11.5 Å². The van der Waals surface area contributed by atoms with Gasteiger partial charge in [-0.2, -0.15) is 0 Å². The van der Waals surface area contributed by atoms with E-state index in [4.69, 9.17) is 25.8 Å². The molecule has 0 saturated carbocycles. The van der Waals surface area contributed by atoms with E-state index >= 15 is 0 Å². The smallest absolute Gasteiger partial charge is 0.339 e. The van der Waals surface area contributed by atoms with Gasteiger partial charge in [-0.3, -0.25) is 4.79 Å². The maximum Gasteiger partial charge on any atom is 0.339 e. The van der Waals surface area contributed by atoms with Crippen LogP contribution in [0.1, 0.15) is 24.2 Å². The van der Waals surface area contributed by atoms with Crippen molar-refractivity contribution in [1.82, 2.24) is 0 Å². The quantitative estimate of drug-likeness (QED) is 0.740. The van der Waals surface area contributed by atoms with Crippen molar-refractivity contribution in [2.75, 3.05) is 19.0 Å². The zero-order valence-electron chi connectivity index (χ0n) is 14.7. The summed E-state index contributed by atoms with van der Waals surface area (Å²) in [6.07, 6.45) is -0.745. The van der Waals surface area contributed by atoms with Crippen molar-refractivity contribution in [3.63, 3.8) is 0 Å². The first-order valence-electron chi connectivity index (χ1n) is 8.02. The third-order valence-corrected chi connectivity index (χ3v) is 3.80. The second-order valence-electron chi connectivity index (χ2n) is 5.34. The number of hydrogen-bond donors (Lipinski definition) is 1. The van der Waals surface area contributed by atoms with Crippen LogP contribution in [0.3, 0.4) is 0 Å². The number of carbonyl (C=O) groups excluding carboxylic acids is 2. The van der Waals surface area contributed by atoms with Crippen LogP contribution in [0.4, 0.5) is 5.69 Å². The average molecular weight is 378 g/mol. The number of benzene rings is 2. The molecule has 6 nitrogen and oxygen atoms in total. The molecule has 0 aliphatic carbocycles. The van der Waals surface area contributed by atoms with Crippen molar-refractivity contribution in [2.45, 2.75) is 20.0 Å². The Morgan fingerprint density at radius 1 is 1.12 bits per heavy atom. The SMILES string of the molecule is CCOC(=O)c1cc(NC(=O)[C@@H](C)Oc2ccc(OC)cc2)ccc1Cl. The Hall–Kier alpha value is -2.73. The number of rotatable bonds is 7. The van der Waals surface area contributed by atoms with E-state index in [0.717, 1.165) is 0 Å². The molecule has 7 heteroatoms. The molecule has 2 aromatic rings. The van der Waals surface area contributed by atoms with Crippen LogP contribution in [0.2, 0.25) is 5.02 Å². The second kappa shape index (κ2) is 9.10. The lowest BCUT2D eigenvalue weighted by Crippen LogP contribution is -2.30. The van der Waals surface area contributed by atoms with E-state index in [-0.39, 0.29) is 23.1 Å². The van der Waals surface area contributed by atoms with E-state index in [9.17, 15) is 9.59 Å². The second-order valence-corrected chi connectivity index (χ2v) is 5.75. The summed E-state index contributed by atoms with van der Waals surface area (Å²) in [7, 11) is 1.57. The molecule has 0 spiro atoms. The number of ether oxygens (including phenoxy) is 3. The number of methoxy groups -OCH3 is 1. The Morgan fingerprint density at radius 2 is 1.77 bits per heavy atom. The van der Waals surface area contributed by atoms with E-state index in [0.29, 0.717) is 17.2 Å². The molecule has 138 valence electrons. The zero-order chi connectivity index (χ0) is 19.1. The van der Waals surface area contributed by atoms with Crippen LogP contribution in [0.15, 0.2) is 42.5 Å². The fraction of sp³-hybridized carbons (Fsp3) is 0.263. The summed E-state index contributed by atoms with van der Waals surface area (Å²) < 4.78 is 15.6. The summed E-state index contributed by atoms with van der Waals surface area (Å²) in [5.74, 6) is 0.327. The van der Waals surface area contributed by atoms with Gasteiger partial charge in [0.05, 0.1) is 24.3 Å². The van der Waals surface area contributed by atoms with E-state index < -0.39 is 12.1 Å². The highest BCUT2D eigenvalue weighted by Gasteiger charge is 2.17. The number of carbonyl (C=O) groups is 2. The maximum absolute atomic E-state index is 12.3. The molecule has 0 radical (unpaired) electrons. The number of nitrogens with one attached hydrogen (secondary N) is 1. The Bertz CT molecular complexity index is 776. The van der Waals surface area contributed by atoms with Gasteiger partial charge in [0, 0.05) is 5.69 Å². The molecule has 2 rings (SSSR count). The molecule has 2 aromatic carbocycles. The molecule has 26 heavy (non-hydrogen) atoms. The van der Waals surface area contributed by atoms with E-state index in [1.807, 2.05) is 0 Å². The zero-order valence-corrected chi connectivity index (χ0v) is 15.5. The van der Waals surface area contributed by atoms with Crippen molar-refractivity contribution in [2.24, 2.45) is 0 Å². The fourth-order valence-electron chi connectivity index (χ4n) is 2.12. The van der Waals surface area contributed by atoms with Gasteiger partial charge >= 0.3 is 5.97 Å². The van der Waals surface area contributed by atoms with E-state index in [1.54, 1.807) is 51.3 Å². The van der Waals surface area contributed by atoms with Crippen LogP contribution in [-0.2, 0) is 9.53 Å². The van der Waals surface area contributed by atoms with E-state index in [2.05, 4.69) is 5.32 Å². The summed E-state index contributed by atoms with van der Waals surface area (Å²) in [5, 5.41) is 2.95. The van der Waals surface area contributed by atoms with Crippen molar-refractivity contribution in [3.05, 3.63) is 53.1 Å². The summed E-state index contributed by atoms with van der Waals surface area (Å²) in [4.78, 5) is 24.2. The first kappa shape index (κ1) is 19.6. The summed E-state index contributed by atoms with van der Waals surface area (Å²) >= 11 is 6.01. The lowest BCUT2D eigenvalue weighted by atomic mass is 10.2. The Kier molecular flexibility index (Phi) is 6.86. The lowest BCUT2D eigenvalue weighted by Gasteiger charge is -2.15. The van der Waals surface area contributed by atoms with Crippen LogP contribution in [0.25, 0.3) is 0 Å². The Labute approximate surface area is 157 Å². The number of anilines is 1. The molecule has 1 atom stereocenters. The van der Waals surface area contributed by atoms with Gasteiger partial charge in [0.15, 0.2) is 6.10 Å². The molecule has 0 aliphatic heterocycles. The normalized spacial score (nSPS) is 11.4. The minimum Gasteiger partial charge on any atom is -0.497 e. The van der Waals surface area contributed by atoms with Gasteiger partial charge in [-0.15, -0.1) is 0 Å². The summed E-state index contributed by atoms with van der Waals surface area (Å²) in [5.41, 5.74) is 0.614. The molecule has 0 heterocycles. The highest BCUT2D eigenvalue weighted by atomic mass is 35.5. The third kappa shape index (κ3) is 5.13. The van der Waals surface area contributed by atoms with Gasteiger partial charge < -0.3 is 19.5 Å². The van der Waals surface area contributed by atoms with E-state index in [1.165, 1.54) is 12.1 Å². The van der Waals surface area contributed by atoms with Crippen molar-refractivity contribution in [1.29, 1.82) is 0 Å². The summed E-state index contributed by atoms with van der Waals surface area (Å²) in [6.45, 7) is 3.57. The van der Waals surface area contributed by atoms with Crippen LogP contribution in [0, 0.1) is 0 Å². The molecule has 0 aliphatic rings. The van der Waals surface area contributed by atoms with Gasteiger partial charge in [0.25, 0.3) is 5.91 Å².